The van der Waals surface area contributed by atoms with Gasteiger partial charge in [0, 0.05) is 6.42 Å². The highest BCUT2D eigenvalue weighted by Gasteiger charge is 2.03. The number of aromatic nitrogens is 2. The molecule has 0 aliphatic carbocycles. The Morgan fingerprint density at radius 3 is 2.83 bits per heavy atom. The summed E-state index contributed by atoms with van der Waals surface area (Å²) in [6.45, 7) is 2.82. The van der Waals surface area contributed by atoms with Gasteiger partial charge in [-0.05, 0) is 24.5 Å². The number of hydrogen-bond donors (Lipinski definition) is 1. The number of nitrogens with zero attached hydrogens (tertiary/aromatic N) is 2. The van der Waals surface area contributed by atoms with Crippen molar-refractivity contribution in [2.75, 3.05) is 12.3 Å². The lowest BCUT2D eigenvalue weighted by atomic mass is 10.1. The molecule has 1 aromatic heterocycles. The van der Waals surface area contributed by atoms with E-state index in [9.17, 15) is 0 Å². The molecule has 0 spiro atoms. The molecule has 0 fully saturated rings. The van der Waals surface area contributed by atoms with Crippen LogP contribution in [0.5, 0.6) is 5.75 Å². The van der Waals surface area contributed by atoms with Crippen LogP contribution in [0.15, 0.2) is 24.3 Å². The van der Waals surface area contributed by atoms with Crippen LogP contribution in [0.1, 0.15) is 23.9 Å². The molecular formula is C13H17N3OS. The minimum atomic E-state index is 0.530. The SMILES string of the molecule is CCc1ccccc1OCCCc1nnc(N)s1. The van der Waals surface area contributed by atoms with E-state index in [1.807, 2.05) is 18.2 Å². The Kier molecular flexibility index (Phi) is 4.52. The average molecular weight is 263 g/mol. The predicted octanol–water partition coefficient (Wildman–Crippen LogP) is 2.69. The topological polar surface area (TPSA) is 61.0 Å². The van der Waals surface area contributed by atoms with Gasteiger partial charge in [0.05, 0.1) is 6.61 Å². The third-order valence-corrected chi connectivity index (χ3v) is 3.44. The normalized spacial score (nSPS) is 10.5. The predicted molar refractivity (Wildman–Crippen MR) is 74.0 cm³/mol. The van der Waals surface area contributed by atoms with Gasteiger partial charge in [0.1, 0.15) is 10.8 Å². The summed E-state index contributed by atoms with van der Waals surface area (Å²) >= 11 is 1.44. The Balaban J connectivity index is 1.78. The van der Waals surface area contributed by atoms with Crippen molar-refractivity contribution in [1.29, 1.82) is 0 Å². The molecule has 0 radical (unpaired) electrons. The third kappa shape index (κ3) is 3.43. The minimum Gasteiger partial charge on any atom is -0.493 e. The number of benzene rings is 1. The van der Waals surface area contributed by atoms with Gasteiger partial charge in [-0.15, -0.1) is 10.2 Å². The summed E-state index contributed by atoms with van der Waals surface area (Å²) in [6.07, 6.45) is 2.78. The maximum absolute atomic E-state index is 5.78. The number of anilines is 1. The molecule has 2 aromatic rings. The van der Waals surface area contributed by atoms with Gasteiger partial charge in [0.15, 0.2) is 0 Å². The van der Waals surface area contributed by atoms with Crippen molar-refractivity contribution in [1.82, 2.24) is 10.2 Å². The smallest absolute Gasteiger partial charge is 0.203 e. The number of hydrogen-bond acceptors (Lipinski definition) is 5. The maximum Gasteiger partial charge on any atom is 0.203 e. The Morgan fingerprint density at radius 1 is 1.28 bits per heavy atom. The molecule has 96 valence electrons. The van der Waals surface area contributed by atoms with E-state index in [0.717, 1.165) is 30.0 Å². The molecule has 0 atom stereocenters. The lowest BCUT2D eigenvalue weighted by molar-refractivity contribution is 0.308. The van der Waals surface area contributed by atoms with Crippen LogP contribution in [0.25, 0.3) is 0 Å². The van der Waals surface area contributed by atoms with Gasteiger partial charge in [-0.3, -0.25) is 0 Å². The first-order valence-corrected chi connectivity index (χ1v) is 6.89. The van der Waals surface area contributed by atoms with Crippen LogP contribution in [-0.4, -0.2) is 16.8 Å². The highest BCUT2D eigenvalue weighted by molar-refractivity contribution is 7.15. The minimum absolute atomic E-state index is 0.530. The number of ether oxygens (including phenoxy) is 1. The molecule has 0 amide bonds. The van der Waals surface area contributed by atoms with E-state index in [2.05, 4.69) is 23.2 Å². The fourth-order valence-electron chi connectivity index (χ4n) is 1.71. The summed E-state index contributed by atoms with van der Waals surface area (Å²) in [5.74, 6) is 0.983. The Bertz CT molecular complexity index is 498. The van der Waals surface area contributed by atoms with Crippen molar-refractivity contribution in [2.24, 2.45) is 0 Å². The maximum atomic E-state index is 5.78. The second kappa shape index (κ2) is 6.35. The highest BCUT2D eigenvalue weighted by atomic mass is 32.1. The van der Waals surface area contributed by atoms with E-state index in [4.69, 9.17) is 10.5 Å². The molecular weight excluding hydrogens is 246 g/mol. The average Bonchev–Trinajstić information content (AvgIpc) is 2.81. The second-order valence-corrected chi connectivity index (χ2v) is 5.04. The number of nitrogen functional groups attached to an aromatic ring is 1. The number of rotatable bonds is 6. The van der Waals surface area contributed by atoms with E-state index < -0.39 is 0 Å². The summed E-state index contributed by atoms with van der Waals surface area (Å²) in [4.78, 5) is 0. The van der Waals surface area contributed by atoms with Crippen molar-refractivity contribution < 1.29 is 4.74 Å². The summed E-state index contributed by atoms with van der Waals surface area (Å²) < 4.78 is 5.78. The van der Waals surface area contributed by atoms with Gasteiger partial charge in [-0.2, -0.15) is 0 Å². The number of nitrogens with two attached hydrogens (primary N) is 1. The number of aryl methyl sites for hydroxylation is 2. The van der Waals surface area contributed by atoms with Crippen molar-refractivity contribution in [3.05, 3.63) is 34.8 Å². The standard InChI is InChI=1S/C13H17N3OS/c1-2-10-6-3-4-7-11(10)17-9-5-8-12-15-16-13(14)18-12/h3-4,6-7H,2,5,8-9H2,1H3,(H2,14,16). The molecule has 0 aliphatic heterocycles. The van der Waals surface area contributed by atoms with Crippen molar-refractivity contribution in [3.63, 3.8) is 0 Å². The molecule has 0 bridgehead atoms. The van der Waals surface area contributed by atoms with Crippen LogP contribution in [0.2, 0.25) is 0 Å². The van der Waals surface area contributed by atoms with Crippen molar-refractivity contribution in [2.45, 2.75) is 26.2 Å². The van der Waals surface area contributed by atoms with Crippen molar-refractivity contribution >= 4 is 16.5 Å². The van der Waals surface area contributed by atoms with Crippen LogP contribution in [0.4, 0.5) is 5.13 Å². The molecule has 0 unspecified atom stereocenters. The molecule has 18 heavy (non-hydrogen) atoms. The van der Waals surface area contributed by atoms with Gasteiger partial charge < -0.3 is 10.5 Å². The first-order valence-electron chi connectivity index (χ1n) is 6.08. The monoisotopic (exact) mass is 263 g/mol. The molecule has 4 nitrogen and oxygen atoms in total. The van der Waals surface area contributed by atoms with Crippen molar-refractivity contribution in [3.8, 4) is 5.75 Å². The molecule has 2 rings (SSSR count). The van der Waals surface area contributed by atoms with E-state index >= 15 is 0 Å². The van der Waals surface area contributed by atoms with Gasteiger partial charge >= 0.3 is 0 Å². The van der Waals surface area contributed by atoms with E-state index in [1.54, 1.807) is 0 Å². The molecule has 1 aromatic carbocycles. The van der Waals surface area contributed by atoms with Crippen LogP contribution in [0.3, 0.4) is 0 Å². The molecule has 1 heterocycles. The highest BCUT2D eigenvalue weighted by Crippen LogP contribution is 2.19. The molecule has 0 aliphatic rings. The fraction of sp³-hybridized carbons (Fsp3) is 0.385. The largest absolute Gasteiger partial charge is 0.493 e. The van der Waals surface area contributed by atoms with Gasteiger partial charge in [0.25, 0.3) is 0 Å². The summed E-state index contributed by atoms with van der Waals surface area (Å²) in [6, 6.07) is 8.15. The second-order valence-electron chi connectivity index (χ2n) is 3.95. The summed E-state index contributed by atoms with van der Waals surface area (Å²) in [7, 11) is 0. The van der Waals surface area contributed by atoms with Gasteiger partial charge in [-0.1, -0.05) is 36.5 Å². The van der Waals surface area contributed by atoms with E-state index in [-0.39, 0.29) is 0 Å². The van der Waals surface area contributed by atoms with Gasteiger partial charge in [0.2, 0.25) is 5.13 Å². The Morgan fingerprint density at radius 2 is 2.11 bits per heavy atom. The summed E-state index contributed by atoms with van der Waals surface area (Å²) in [5.41, 5.74) is 6.77. The molecule has 5 heteroatoms. The van der Waals surface area contributed by atoms with Gasteiger partial charge in [-0.25, -0.2) is 0 Å². The first kappa shape index (κ1) is 12.8. The Hall–Kier alpha value is -1.62. The summed E-state index contributed by atoms with van der Waals surface area (Å²) in [5, 5.41) is 9.27. The lowest BCUT2D eigenvalue weighted by Crippen LogP contribution is -2.01. The lowest BCUT2D eigenvalue weighted by Gasteiger charge is -2.09. The van der Waals surface area contributed by atoms with Crippen LogP contribution < -0.4 is 10.5 Å². The van der Waals surface area contributed by atoms with Crippen LogP contribution in [0, 0.1) is 0 Å². The molecule has 2 N–H and O–H groups in total. The quantitative estimate of drug-likeness (QED) is 0.814. The number of para-hydroxylation sites is 1. The zero-order valence-corrected chi connectivity index (χ0v) is 11.2. The van der Waals surface area contributed by atoms with Crippen LogP contribution in [-0.2, 0) is 12.8 Å². The zero-order valence-electron chi connectivity index (χ0n) is 10.4. The van der Waals surface area contributed by atoms with E-state index in [1.165, 1.54) is 16.9 Å². The van der Waals surface area contributed by atoms with Crippen LogP contribution >= 0.6 is 11.3 Å². The first-order chi connectivity index (χ1) is 8.79. The molecule has 0 saturated heterocycles. The third-order valence-electron chi connectivity index (χ3n) is 2.63. The molecule has 0 saturated carbocycles. The van der Waals surface area contributed by atoms with E-state index in [0.29, 0.717) is 11.7 Å². The zero-order chi connectivity index (χ0) is 12.8. The fourth-order valence-corrected chi connectivity index (χ4v) is 2.36. The Labute approximate surface area is 111 Å².